The summed E-state index contributed by atoms with van der Waals surface area (Å²) in [7, 11) is 0. The Morgan fingerprint density at radius 2 is 2.10 bits per heavy atom. The van der Waals surface area contributed by atoms with Crippen molar-refractivity contribution in [3.8, 4) is 17.2 Å². The number of fused-ring (bicyclic) bond motifs is 1. The first kappa shape index (κ1) is 20.6. The number of amides is 1. The molecule has 1 saturated heterocycles. The van der Waals surface area contributed by atoms with E-state index in [0.29, 0.717) is 47.1 Å². The molecule has 0 saturated carbocycles. The molecule has 0 aliphatic carbocycles. The minimum absolute atomic E-state index is 0.0336. The van der Waals surface area contributed by atoms with Crippen molar-refractivity contribution in [3.05, 3.63) is 46.6 Å². The highest BCUT2D eigenvalue weighted by molar-refractivity contribution is 5.93. The molecule has 160 valence electrons. The number of aromatic amines is 1. The number of rotatable bonds is 2. The number of pyridine rings is 2. The lowest BCUT2D eigenvalue weighted by molar-refractivity contribution is 0.0408. The molecule has 9 nitrogen and oxygen atoms in total. The van der Waals surface area contributed by atoms with Gasteiger partial charge in [-0.2, -0.15) is 10.4 Å². The number of nitrogens with one attached hydrogen (secondary N) is 1. The predicted molar refractivity (Wildman–Crippen MR) is 115 cm³/mol. The number of likely N-dealkylation sites (tertiary alicyclic amines) is 1. The van der Waals surface area contributed by atoms with Crippen molar-refractivity contribution in [2.45, 2.75) is 45.7 Å². The van der Waals surface area contributed by atoms with E-state index in [9.17, 15) is 20.0 Å². The standard InChI is InChI=1S/C22H24N6O3/c1-22(2,3)17-8-15(6-7-27(17)21(30)31)28-12-14(11-25-28)19-13(9-23)10-24-16-4-5-18(29)26-20(16)19/h4-5,10-12,15,17H,6-8H2,1-3H3,(H,26,29)(H,30,31). The van der Waals surface area contributed by atoms with Crippen LogP contribution in [0.15, 0.2) is 35.5 Å². The van der Waals surface area contributed by atoms with E-state index < -0.39 is 6.09 Å². The van der Waals surface area contributed by atoms with E-state index in [1.807, 2.05) is 31.6 Å². The van der Waals surface area contributed by atoms with Gasteiger partial charge in [0.25, 0.3) is 0 Å². The summed E-state index contributed by atoms with van der Waals surface area (Å²) in [6, 6.07) is 5.07. The highest BCUT2D eigenvalue weighted by Crippen LogP contribution is 2.37. The molecule has 2 unspecified atom stereocenters. The average molecular weight is 420 g/mol. The Hall–Kier alpha value is -3.67. The summed E-state index contributed by atoms with van der Waals surface area (Å²) >= 11 is 0. The van der Waals surface area contributed by atoms with Gasteiger partial charge in [0.1, 0.15) is 6.07 Å². The lowest BCUT2D eigenvalue weighted by atomic mass is 9.79. The molecular formula is C22H24N6O3. The Labute approximate surface area is 178 Å². The van der Waals surface area contributed by atoms with Crippen molar-refractivity contribution in [1.29, 1.82) is 5.26 Å². The summed E-state index contributed by atoms with van der Waals surface area (Å²) in [5.74, 6) is 0. The van der Waals surface area contributed by atoms with Gasteiger partial charge >= 0.3 is 6.09 Å². The quantitative estimate of drug-likeness (QED) is 0.654. The summed E-state index contributed by atoms with van der Waals surface area (Å²) in [5, 5.41) is 23.7. The van der Waals surface area contributed by atoms with Crippen LogP contribution in [0.5, 0.6) is 0 Å². The van der Waals surface area contributed by atoms with E-state index in [1.54, 1.807) is 12.3 Å². The summed E-state index contributed by atoms with van der Waals surface area (Å²) in [6.07, 6.45) is 5.44. The van der Waals surface area contributed by atoms with Crippen molar-refractivity contribution in [2.24, 2.45) is 5.41 Å². The zero-order valence-corrected chi connectivity index (χ0v) is 17.7. The van der Waals surface area contributed by atoms with Gasteiger partial charge in [0.15, 0.2) is 0 Å². The predicted octanol–water partition coefficient (Wildman–Crippen LogP) is 3.39. The maximum absolute atomic E-state index is 11.9. The Balaban J connectivity index is 1.73. The molecule has 1 fully saturated rings. The first-order valence-electron chi connectivity index (χ1n) is 10.2. The van der Waals surface area contributed by atoms with Crippen LogP contribution >= 0.6 is 0 Å². The lowest BCUT2D eigenvalue weighted by Crippen LogP contribution is -2.51. The molecular weight excluding hydrogens is 396 g/mol. The molecule has 1 aliphatic rings. The van der Waals surface area contributed by atoms with E-state index in [-0.39, 0.29) is 23.1 Å². The first-order chi connectivity index (χ1) is 14.7. The molecule has 3 aromatic heterocycles. The molecule has 9 heteroatoms. The summed E-state index contributed by atoms with van der Waals surface area (Å²) < 4.78 is 1.85. The third kappa shape index (κ3) is 3.77. The molecule has 4 heterocycles. The van der Waals surface area contributed by atoms with Crippen molar-refractivity contribution < 1.29 is 9.90 Å². The SMILES string of the molecule is CC(C)(C)C1CC(n2cc(-c3c(C#N)cnc4ccc(=O)[nH]c34)cn2)CCN1C(=O)O. The topological polar surface area (TPSA) is 128 Å². The van der Waals surface area contributed by atoms with Crippen LogP contribution in [-0.4, -0.2) is 48.4 Å². The fourth-order valence-electron chi connectivity index (χ4n) is 4.39. The summed E-state index contributed by atoms with van der Waals surface area (Å²) in [6.45, 7) is 6.57. The smallest absolute Gasteiger partial charge is 0.407 e. The molecule has 2 atom stereocenters. The number of carbonyl (C=O) groups is 1. The van der Waals surface area contributed by atoms with Gasteiger partial charge in [0, 0.05) is 42.2 Å². The number of nitrogens with zero attached hydrogens (tertiary/aromatic N) is 5. The number of piperidine rings is 1. The second kappa shape index (κ2) is 7.54. The van der Waals surface area contributed by atoms with Gasteiger partial charge in [-0.1, -0.05) is 20.8 Å². The van der Waals surface area contributed by atoms with Crippen molar-refractivity contribution in [2.75, 3.05) is 6.54 Å². The fourth-order valence-corrected chi connectivity index (χ4v) is 4.39. The molecule has 31 heavy (non-hydrogen) atoms. The van der Waals surface area contributed by atoms with Gasteiger partial charge in [0.05, 0.1) is 28.8 Å². The maximum Gasteiger partial charge on any atom is 0.407 e. The van der Waals surface area contributed by atoms with Gasteiger partial charge in [0.2, 0.25) is 5.56 Å². The van der Waals surface area contributed by atoms with E-state index in [1.165, 1.54) is 17.2 Å². The molecule has 0 bridgehead atoms. The van der Waals surface area contributed by atoms with E-state index >= 15 is 0 Å². The maximum atomic E-state index is 11.9. The third-order valence-corrected chi connectivity index (χ3v) is 5.95. The normalized spacial score (nSPS) is 19.4. The Morgan fingerprint density at radius 3 is 2.77 bits per heavy atom. The molecule has 0 radical (unpaired) electrons. The Morgan fingerprint density at radius 1 is 1.32 bits per heavy atom. The molecule has 1 aliphatic heterocycles. The number of aromatic nitrogens is 4. The number of hydrogen-bond acceptors (Lipinski definition) is 5. The van der Waals surface area contributed by atoms with Crippen LogP contribution in [0.1, 0.15) is 45.2 Å². The van der Waals surface area contributed by atoms with Gasteiger partial charge in [-0.3, -0.25) is 14.5 Å². The monoisotopic (exact) mass is 420 g/mol. The molecule has 2 N–H and O–H groups in total. The highest BCUT2D eigenvalue weighted by Gasteiger charge is 2.39. The second-order valence-corrected chi connectivity index (χ2v) is 8.99. The molecule has 0 aromatic carbocycles. The average Bonchev–Trinajstić information content (AvgIpc) is 3.21. The number of H-pyrrole nitrogens is 1. The molecule has 1 amide bonds. The second-order valence-electron chi connectivity index (χ2n) is 8.99. The van der Waals surface area contributed by atoms with Crippen LogP contribution in [0.4, 0.5) is 4.79 Å². The van der Waals surface area contributed by atoms with Gasteiger partial charge in [-0.15, -0.1) is 0 Å². The van der Waals surface area contributed by atoms with Crippen LogP contribution in [0.2, 0.25) is 0 Å². The van der Waals surface area contributed by atoms with Crippen LogP contribution < -0.4 is 5.56 Å². The van der Waals surface area contributed by atoms with Crippen LogP contribution in [0, 0.1) is 16.7 Å². The summed E-state index contributed by atoms with van der Waals surface area (Å²) in [5.41, 5.74) is 2.25. The van der Waals surface area contributed by atoms with Gasteiger partial charge < -0.3 is 15.0 Å². The molecule has 4 rings (SSSR count). The largest absolute Gasteiger partial charge is 0.465 e. The van der Waals surface area contributed by atoms with E-state index in [2.05, 4.69) is 21.1 Å². The Bertz CT molecular complexity index is 1250. The van der Waals surface area contributed by atoms with Crippen molar-refractivity contribution in [3.63, 3.8) is 0 Å². The van der Waals surface area contributed by atoms with Crippen LogP contribution in [0.25, 0.3) is 22.2 Å². The molecule has 0 spiro atoms. The van der Waals surface area contributed by atoms with Crippen molar-refractivity contribution in [1.82, 2.24) is 24.6 Å². The van der Waals surface area contributed by atoms with E-state index in [0.717, 1.165) is 0 Å². The van der Waals surface area contributed by atoms with E-state index in [4.69, 9.17) is 0 Å². The van der Waals surface area contributed by atoms with Gasteiger partial charge in [-0.25, -0.2) is 4.79 Å². The fraction of sp³-hybridized carbons (Fsp3) is 0.409. The van der Waals surface area contributed by atoms with Gasteiger partial charge in [-0.05, 0) is 24.3 Å². The number of nitriles is 1. The highest BCUT2D eigenvalue weighted by atomic mass is 16.4. The molecule has 3 aromatic rings. The summed E-state index contributed by atoms with van der Waals surface area (Å²) in [4.78, 5) is 32.2. The van der Waals surface area contributed by atoms with Crippen molar-refractivity contribution >= 4 is 17.1 Å². The zero-order chi connectivity index (χ0) is 22.3. The zero-order valence-electron chi connectivity index (χ0n) is 17.7. The minimum atomic E-state index is -0.898. The first-order valence-corrected chi connectivity index (χ1v) is 10.2. The number of hydrogen-bond donors (Lipinski definition) is 2. The third-order valence-electron chi connectivity index (χ3n) is 5.95. The number of carboxylic acid groups (broad SMARTS) is 1. The lowest BCUT2D eigenvalue weighted by Gasteiger charge is -2.44. The van der Waals surface area contributed by atoms with Crippen LogP contribution in [0.3, 0.4) is 0 Å². The minimum Gasteiger partial charge on any atom is -0.465 e. The Kier molecular flexibility index (Phi) is 5.01. The van der Waals surface area contributed by atoms with Crippen LogP contribution in [-0.2, 0) is 0 Å².